The molecule has 0 atom stereocenters. The molecule has 2 rings (SSSR count). The predicted molar refractivity (Wildman–Crippen MR) is 77.1 cm³/mol. The van der Waals surface area contributed by atoms with Crippen LogP contribution >= 0.6 is 15.9 Å². The minimum atomic E-state index is -0.903. The van der Waals surface area contributed by atoms with Crippen LogP contribution in [0.3, 0.4) is 0 Å². The number of hydrogen-bond acceptors (Lipinski definition) is 3. The summed E-state index contributed by atoms with van der Waals surface area (Å²) in [6.45, 7) is 0.323. The number of anilines is 1. The maximum Gasteiger partial charge on any atom is 0.306 e. The quantitative estimate of drug-likeness (QED) is 0.784. The molecule has 0 spiro atoms. The van der Waals surface area contributed by atoms with Crippen molar-refractivity contribution >= 4 is 27.6 Å². The number of carbonyl (C=O) groups is 1. The number of carboxylic acid groups (broad SMARTS) is 1. The minimum Gasteiger partial charge on any atom is -0.481 e. The first-order valence-corrected chi connectivity index (χ1v) is 7.33. The molecule has 3 N–H and O–H groups in total. The van der Waals surface area contributed by atoms with E-state index in [1.807, 2.05) is 0 Å². The highest BCUT2D eigenvalue weighted by atomic mass is 79.9. The van der Waals surface area contributed by atoms with E-state index >= 15 is 0 Å². The molecule has 0 saturated heterocycles. The lowest BCUT2D eigenvalue weighted by Gasteiger charge is -2.35. The van der Waals surface area contributed by atoms with E-state index in [2.05, 4.69) is 21.2 Å². The van der Waals surface area contributed by atoms with E-state index in [9.17, 15) is 14.3 Å². The molecular formula is C14H17BrFNO3. The molecule has 0 heterocycles. The van der Waals surface area contributed by atoms with E-state index in [0.29, 0.717) is 42.4 Å². The van der Waals surface area contributed by atoms with Gasteiger partial charge in [-0.25, -0.2) is 4.39 Å². The third kappa shape index (κ3) is 3.70. The molecule has 0 bridgehead atoms. The largest absolute Gasteiger partial charge is 0.481 e. The lowest BCUT2D eigenvalue weighted by atomic mass is 9.79. The van der Waals surface area contributed by atoms with Crippen molar-refractivity contribution in [2.24, 2.45) is 5.92 Å². The van der Waals surface area contributed by atoms with Crippen molar-refractivity contribution in [3.8, 4) is 0 Å². The Hall–Kier alpha value is -1.14. The fourth-order valence-corrected chi connectivity index (χ4v) is 2.96. The Morgan fingerprint density at radius 3 is 2.65 bits per heavy atom. The number of benzene rings is 1. The SMILES string of the molecule is O=C(O)C1CCC(O)(CNc2ccc(F)cc2Br)CC1. The van der Waals surface area contributed by atoms with Gasteiger partial charge in [0, 0.05) is 16.7 Å². The number of aliphatic carboxylic acids is 1. The highest BCUT2D eigenvalue weighted by Crippen LogP contribution is 2.33. The number of carboxylic acids is 1. The van der Waals surface area contributed by atoms with Crippen LogP contribution in [0.5, 0.6) is 0 Å². The van der Waals surface area contributed by atoms with Gasteiger partial charge < -0.3 is 15.5 Å². The van der Waals surface area contributed by atoms with Crippen molar-refractivity contribution in [2.45, 2.75) is 31.3 Å². The zero-order valence-corrected chi connectivity index (χ0v) is 12.5. The second-order valence-corrected chi connectivity index (χ2v) is 6.17. The molecule has 0 amide bonds. The molecule has 1 aromatic rings. The number of nitrogens with one attached hydrogen (secondary N) is 1. The van der Waals surface area contributed by atoms with Crippen LogP contribution < -0.4 is 5.32 Å². The van der Waals surface area contributed by atoms with Gasteiger partial charge in [-0.15, -0.1) is 0 Å². The van der Waals surface area contributed by atoms with E-state index in [1.165, 1.54) is 12.1 Å². The van der Waals surface area contributed by atoms with Gasteiger partial charge in [-0.1, -0.05) is 0 Å². The van der Waals surface area contributed by atoms with E-state index in [4.69, 9.17) is 5.11 Å². The zero-order chi connectivity index (χ0) is 14.8. The predicted octanol–water partition coefficient (Wildman–Crippen LogP) is 3.01. The molecule has 110 valence electrons. The van der Waals surface area contributed by atoms with Gasteiger partial charge >= 0.3 is 5.97 Å². The summed E-state index contributed by atoms with van der Waals surface area (Å²) in [6.07, 6.45) is 1.88. The van der Waals surface area contributed by atoms with Crippen LogP contribution in [0, 0.1) is 11.7 Å². The Morgan fingerprint density at radius 2 is 2.10 bits per heavy atom. The molecule has 0 aromatic heterocycles. The van der Waals surface area contributed by atoms with Gasteiger partial charge in [0.25, 0.3) is 0 Å². The fraction of sp³-hybridized carbons (Fsp3) is 0.500. The molecule has 1 aliphatic carbocycles. The van der Waals surface area contributed by atoms with Gasteiger partial charge in [0.2, 0.25) is 0 Å². The normalized spacial score (nSPS) is 26.2. The Balaban J connectivity index is 1.92. The number of halogens is 2. The summed E-state index contributed by atoms with van der Waals surface area (Å²) in [6, 6.07) is 4.30. The average molecular weight is 346 g/mol. The summed E-state index contributed by atoms with van der Waals surface area (Å²) in [5.41, 5.74) is -0.194. The zero-order valence-electron chi connectivity index (χ0n) is 10.9. The highest BCUT2D eigenvalue weighted by molar-refractivity contribution is 9.10. The second kappa shape index (κ2) is 6.10. The van der Waals surface area contributed by atoms with Crippen LogP contribution in [0.15, 0.2) is 22.7 Å². The van der Waals surface area contributed by atoms with Gasteiger partial charge in [-0.3, -0.25) is 4.79 Å². The van der Waals surface area contributed by atoms with Crippen molar-refractivity contribution in [3.05, 3.63) is 28.5 Å². The Labute approximate surface area is 125 Å². The summed E-state index contributed by atoms with van der Waals surface area (Å²) >= 11 is 3.26. The van der Waals surface area contributed by atoms with E-state index in [1.54, 1.807) is 6.07 Å². The highest BCUT2D eigenvalue weighted by Gasteiger charge is 2.35. The standard InChI is InChI=1S/C14H17BrFNO3/c15-11-7-10(16)1-2-12(11)17-8-14(20)5-3-9(4-6-14)13(18)19/h1-2,7,9,17,20H,3-6,8H2,(H,18,19). The first-order valence-electron chi connectivity index (χ1n) is 6.54. The third-order valence-electron chi connectivity index (χ3n) is 3.80. The van der Waals surface area contributed by atoms with Gasteiger partial charge in [0.1, 0.15) is 5.82 Å². The molecule has 1 aromatic carbocycles. The van der Waals surface area contributed by atoms with E-state index in [0.717, 1.165) is 0 Å². The van der Waals surface area contributed by atoms with Crippen LogP contribution in [0.25, 0.3) is 0 Å². The molecule has 1 fully saturated rings. The Kier molecular flexibility index (Phi) is 4.65. The van der Waals surface area contributed by atoms with Gasteiger partial charge in [-0.2, -0.15) is 0 Å². The van der Waals surface area contributed by atoms with E-state index < -0.39 is 11.6 Å². The molecule has 4 nitrogen and oxygen atoms in total. The number of hydrogen-bond donors (Lipinski definition) is 3. The summed E-state index contributed by atoms with van der Waals surface area (Å²) in [7, 11) is 0. The Morgan fingerprint density at radius 1 is 1.45 bits per heavy atom. The topological polar surface area (TPSA) is 69.6 Å². The molecule has 0 unspecified atom stereocenters. The monoisotopic (exact) mass is 345 g/mol. The molecule has 6 heteroatoms. The summed E-state index contributed by atoms with van der Waals surface area (Å²) in [5.74, 6) is -1.47. The molecule has 1 aliphatic rings. The van der Waals surface area contributed by atoms with Crippen molar-refractivity contribution in [1.29, 1.82) is 0 Å². The van der Waals surface area contributed by atoms with Crippen LogP contribution in [0.2, 0.25) is 0 Å². The molecular weight excluding hydrogens is 329 g/mol. The average Bonchev–Trinajstić information content (AvgIpc) is 2.38. The lowest BCUT2D eigenvalue weighted by molar-refractivity contribution is -0.144. The lowest BCUT2D eigenvalue weighted by Crippen LogP contribution is -2.41. The second-order valence-electron chi connectivity index (χ2n) is 5.31. The number of rotatable bonds is 4. The first kappa shape index (κ1) is 15.3. The van der Waals surface area contributed by atoms with E-state index in [-0.39, 0.29) is 11.7 Å². The van der Waals surface area contributed by atoms with Gasteiger partial charge in [-0.05, 0) is 59.8 Å². The molecule has 0 radical (unpaired) electrons. The molecule has 1 saturated carbocycles. The number of aliphatic hydroxyl groups is 1. The summed E-state index contributed by atoms with van der Waals surface area (Å²) < 4.78 is 13.6. The van der Waals surface area contributed by atoms with Crippen LogP contribution in [0.4, 0.5) is 10.1 Å². The minimum absolute atomic E-state index is 0.323. The maximum atomic E-state index is 13.0. The van der Waals surface area contributed by atoms with Gasteiger partial charge in [0.15, 0.2) is 0 Å². The summed E-state index contributed by atoms with van der Waals surface area (Å²) in [5, 5.41) is 22.5. The summed E-state index contributed by atoms with van der Waals surface area (Å²) in [4.78, 5) is 10.9. The van der Waals surface area contributed by atoms with Crippen molar-refractivity contribution in [3.63, 3.8) is 0 Å². The first-order chi connectivity index (χ1) is 9.39. The maximum absolute atomic E-state index is 13.0. The smallest absolute Gasteiger partial charge is 0.306 e. The van der Waals surface area contributed by atoms with Crippen LogP contribution in [0.1, 0.15) is 25.7 Å². The fourth-order valence-electron chi connectivity index (χ4n) is 2.47. The van der Waals surface area contributed by atoms with Crippen molar-refractivity contribution in [2.75, 3.05) is 11.9 Å². The third-order valence-corrected chi connectivity index (χ3v) is 4.46. The van der Waals surface area contributed by atoms with Crippen LogP contribution in [-0.2, 0) is 4.79 Å². The molecule has 20 heavy (non-hydrogen) atoms. The molecule has 0 aliphatic heterocycles. The van der Waals surface area contributed by atoms with Crippen molar-refractivity contribution < 1.29 is 19.4 Å². The Bertz CT molecular complexity index is 501. The van der Waals surface area contributed by atoms with Gasteiger partial charge in [0.05, 0.1) is 11.5 Å². The van der Waals surface area contributed by atoms with Crippen molar-refractivity contribution in [1.82, 2.24) is 0 Å². The van der Waals surface area contributed by atoms with Crippen LogP contribution in [-0.4, -0.2) is 28.3 Å².